The summed E-state index contributed by atoms with van der Waals surface area (Å²) < 4.78 is 0. The third kappa shape index (κ3) is 2.54. The fourth-order valence-corrected chi connectivity index (χ4v) is 2.16. The van der Waals surface area contributed by atoms with E-state index in [1.807, 2.05) is 0 Å². The molecule has 3 nitrogen and oxygen atoms in total. The van der Waals surface area contributed by atoms with Crippen molar-refractivity contribution in [1.82, 2.24) is 5.32 Å². The molecule has 0 radical (unpaired) electrons. The Bertz CT molecular complexity index is 363. The second-order valence-electron chi connectivity index (χ2n) is 4.61. The van der Waals surface area contributed by atoms with Crippen LogP contribution >= 0.6 is 0 Å². The molecule has 0 unspecified atom stereocenters. The number of fused-ring (bicyclic) bond motifs is 1. The maximum Gasteiger partial charge on any atom is 0.0636 e. The fraction of sp³-hybridized carbons (Fsp3) is 0.538. The summed E-state index contributed by atoms with van der Waals surface area (Å²) in [6, 6.07) is 6.63. The van der Waals surface area contributed by atoms with Crippen LogP contribution in [0.5, 0.6) is 0 Å². The van der Waals surface area contributed by atoms with Crippen molar-refractivity contribution < 1.29 is 5.11 Å². The Morgan fingerprint density at radius 1 is 1.50 bits per heavy atom. The molecule has 3 heteroatoms. The SMILES string of the molecule is C[C@@H](O)CNCc1ccc2c(c1)CCN2C. The highest BCUT2D eigenvalue weighted by atomic mass is 16.3. The molecule has 0 saturated heterocycles. The lowest BCUT2D eigenvalue weighted by Crippen LogP contribution is -2.23. The normalized spacial score (nSPS) is 16.3. The number of aliphatic hydroxyl groups is 1. The number of nitrogens with one attached hydrogen (secondary N) is 1. The first-order valence-corrected chi connectivity index (χ1v) is 5.88. The van der Waals surface area contributed by atoms with Gasteiger partial charge < -0.3 is 15.3 Å². The largest absolute Gasteiger partial charge is 0.392 e. The maximum atomic E-state index is 9.15. The molecule has 1 aliphatic heterocycles. The molecule has 1 aliphatic rings. The molecule has 0 fully saturated rings. The van der Waals surface area contributed by atoms with Crippen LogP contribution in [0.2, 0.25) is 0 Å². The van der Waals surface area contributed by atoms with Crippen molar-refractivity contribution in [3.8, 4) is 0 Å². The van der Waals surface area contributed by atoms with Gasteiger partial charge in [-0.25, -0.2) is 0 Å². The van der Waals surface area contributed by atoms with Crippen LogP contribution in [0.1, 0.15) is 18.1 Å². The van der Waals surface area contributed by atoms with Gasteiger partial charge in [-0.15, -0.1) is 0 Å². The first-order chi connectivity index (χ1) is 7.66. The van der Waals surface area contributed by atoms with Crippen LogP contribution < -0.4 is 10.2 Å². The Morgan fingerprint density at radius 2 is 2.31 bits per heavy atom. The molecule has 1 aromatic rings. The highest BCUT2D eigenvalue weighted by molar-refractivity contribution is 5.58. The molecule has 2 rings (SSSR count). The summed E-state index contributed by atoms with van der Waals surface area (Å²) in [5, 5.41) is 12.4. The minimum atomic E-state index is -0.277. The summed E-state index contributed by atoms with van der Waals surface area (Å²) in [6.45, 7) is 4.41. The lowest BCUT2D eigenvalue weighted by molar-refractivity contribution is 0.191. The van der Waals surface area contributed by atoms with Crippen LogP contribution in [0.15, 0.2) is 18.2 Å². The van der Waals surface area contributed by atoms with E-state index < -0.39 is 0 Å². The molecule has 0 saturated carbocycles. The van der Waals surface area contributed by atoms with E-state index in [-0.39, 0.29) is 6.10 Å². The van der Waals surface area contributed by atoms with Gasteiger partial charge in [0.2, 0.25) is 0 Å². The molecule has 0 aliphatic carbocycles. The Hall–Kier alpha value is -1.06. The van der Waals surface area contributed by atoms with Crippen LogP contribution in [-0.4, -0.2) is 31.3 Å². The predicted octanol–water partition coefficient (Wildman–Crippen LogP) is 1.15. The first-order valence-electron chi connectivity index (χ1n) is 5.88. The Balaban J connectivity index is 1.97. The van der Waals surface area contributed by atoms with Crippen LogP contribution in [-0.2, 0) is 13.0 Å². The van der Waals surface area contributed by atoms with E-state index in [1.54, 1.807) is 6.92 Å². The summed E-state index contributed by atoms with van der Waals surface area (Å²) in [4.78, 5) is 2.29. The van der Waals surface area contributed by atoms with E-state index in [0.717, 1.165) is 19.5 Å². The molecule has 0 bridgehead atoms. The van der Waals surface area contributed by atoms with Crippen molar-refractivity contribution in [3.05, 3.63) is 29.3 Å². The zero-order valence-electron chi connectivity index (χ0n) is 10.0. The zero-order valence-corrected chi connectivity index (χ0v) is 10.0. The number of hydrogen-bond donors (Lipinski definition) is 2. The van der Waals surface area contributed by atoms with Crippen LogP contribution in [0.3, 0.4) is 0 Å². The second-order valence-corrected chi connectivity index (χ2v) is 4.61. The van der Waals surface area contributed by atoms with E-state index in [2.05, 4.69) is 35.5 Å². The van der Waals surface area contributed by atoms with Gasteiger partial charge in [0.05, 0.1) is 6.10 Å². The molecule has 1 atom stereocenters. The van der Waals surface area contributed by atoms with E-state index in [0.29, 0.717) is 6.54 Å². The summed E-state index contributed by atoms with van der Waals surface area (Å²) >= 11 is 0. The predicted molar refractivity (Wildman–Crippen MR) is 66.8 cm³/mol. The number of nitrogens with zero attached hydrogens (tertiary/aromatic N) is 1. The van der Waals surface area contributed by atoms with Gasteiger partial charge in [-0.1, -0.05) is 12.1 Å². The molecular formula is C13H20N2O. The quantitative estimate of drug-likeness (QED) is 0.799. The Kier molecular flexibility index (Phi) is 3.46. The molecule has 0 aromatic heterocycles. The van der Waals surface area contributed by atoms with E-state index in [1.165, 1.54) is 16.8 Å². The van der Waals surface area contributed by atoms with Gasteiger partial charge in [0.1, 0.15) is 0 Å². The van der Waals surface area contributed by atoms with Gasteiger partial charge in [-0.05, 0) is 30.5 Å². The number of benzene rings is 1. The molecule has 0 spiro atoms. The zero-order chi connectivity index (χ0) is 11.5. The molecule has 0 amide bonds. The van der Waals surface area contributed by atoms with Crippen molar-refractivity contribution in [2.75, 3.05) is 25.0 Å². The maximum absolute atomic E-state index is 9.15. The lowest BCUT2D eigenvalue weighted by Gasteiger charge is -2.12. The molecule has 2 N–H and O–H groups in total. The average molecular weight is 220 g/mol. The molecule has 88 valence electrons. The number of anilines is 1. The second kappa shape index (κ2) is 4.85. The third-order valence-electron chi connectivity index (χ3n) is 3.04. The van der Waals surface area contributed by atoms with Gasteiger partial charge in [0, 0.05) is 32.4 Å². The molecule has 1 aromatic carbocycles. The van der Waals surface area contributed by atoms with Gasteiger partial charge in [-0.3, -0.25) is 0 Å². The van der Waals surface area contributed by atoms with Crippen LogP contribution in [0.25, 0.3) is 0 Å². The topological polar surface area (TPSA) is 35.5 Å². The van der Waals surface area contributed by atoms with Crippen molar-refractivity contribution in [1.29, 1.82) is 0 Å². The first kappa shape index (κ1) is 11.4. The standard InChI is InChI=1S/C13H20N2O/c1-10(16)8-14-9-11-3-4-13-12(7-11)5-6-15(13)2/h3-4,7,10,14,16H,5-6,8-9H2,1-2H3/t10-/m1/s1. The van der Waals surface area contributed by atoms with Crippen molar-refractivity contribution >= 4 is 5.69 Å². The minimum absolute atomic E-state index is 0.277. The third-order valence-corrected chi connectivity index (χ3v) is 3.04. The monoisotopic (exact) mass is 220 g/mol. The Morgan fingerprint density at radius 3 is 3.06 bits per heavy atom. The van der Waals surface area contributed by atoms with Crippen molar-refractivity contribution in [3.63, 3.8) is 0 Å². The smallest absolute Gasteiger partial charge is 0.0636 e. The van der Waals surface area contributed by atoms with Crippen molar-refractivity contribution in [2.24, 2.45) is 0 Å². The van der Waals surface area contributed by atoms with E-state index >= 15 is 0 Å². The molecular weight excluding hydrogens is 200 g/mol. The summed E-state index contributed by atoms with van der Waals surface area (Å²) in [7, 11) is 2.14. The van der Waals surface area contributed by atoms with E-state index in [9.17, 15) is 0 Å². The number of aliphatic hydroxyl groups excluding tert-OH is 1. The van der Waals surface area contributed by atoms with Crippen LogP contribution in [0, 0.1) is 0 Å². The fourth-order valence-electron chi connectivity index (χ4n) is 2.16. The number of rotatable bonds is 4. The van der Waals surface area contributed by atoms with Crippen molar-refractivity contribution in [2.45, 2.75) is 26.0 Å². The number of hydrogen-bond acceptors (Lipinski definition) is 3. The highest BCUT2D eigenvalue weighted by Gasteiger charge is 2.15. The van der Waals surface area contributed by atoms with Gasteiger partial charge >= 0.3 is 0 Å². The lowest BCUT2D eigenvalue weighted by atomic mass is 10.1. The summed E-state index contributed by atoms with van der Waals surface area (Å²) in [5.41, 5.74) is 4.10. The van der Waals surface area contributed by atoms with Gasteiger partial charge in [0.15, 0.2) is 0 Å². The highest BCUT2D eigenvalue weighted by Crippen LogP contribution is 2.27. The van der Waals surface area contributed by atoms with Gasteiger partial charge in [0.25, 0.3) is 0 Å². The number of likely N-dealkylation sites (N-methyl/N-ethyl adjacent to an activating group) is 1. The molecule has 16 heavy (non-hydrogen) atoms. The minimum Gasteiger partial charge on any atom is -0.392 e. The van der Waals surface area contributed by atoms with Crippen LogP contribution in [0.4, 0.5) is 5.69 Å². The molecule has 1 heterocycles. The Labute approximate surface area is 97.1 Å². The van der Waals surface area contributed by atoms with E-state index in [4.69, 9.17) is 5.11 Å². The van der Waals surface area contributed by atoms with Gasteiger partial charge in [-0.2, -0.15) is 0 Å². The average Bonchev–Trinajstić information content (AvgIpc) is 2.60. The summed E-state index contributed by atoms with van der Waals surface area (Å²) in [5.74, 6) is 0. The summed E-state index contributed by atoms with van der Waals surface area (Å²) in [6.07, 6.45) is 0.872.